The molecule has 1 aliphatic heterocycles. The number of carboxylic acids is 1. The van der Waals surface area contributed by atoms with Crippen LogP contribution in [-0.2, 0) is 4.79 Å². The number of aryl methyl sites for hydroxylation is 1. The fourth-order valence-electron chi connectivity index (χ4n) is 1.99. The van der Waals surface area contributed by atoms with Crippen molar-refractivity contribution in [1.82, 2.24) is 5.32 Å². The van der Waals surface area contributed by atoms with Gasteiger partial charge in [-0.2, -0.15) is 0 Å². The maximum absolute atomic E-state index is 12.0. The molecule has 3 rings (SSSR count). The van der Waals surface area contributed by atoms with Crippen molar-refractivity contribution in [2.45, 2.75) is 6.92 Å². The van der Waals surface area contributed by atoms with E-state index < -0.39 is 5.97 Å². The Labute approximate surface area is 149 Å². The van der Waals surface area contributed by atoms with Gasteiger partial charge in [-0.15, -0.1) is 0 Å². The Hall–Kier alpha value is -2.32. The first-order valence-electron chi connectivity index (χ1n) is 6.81. The summed E-state index contributed by atoms with van der Waals surface area (Å²) >= 11 is 4.37. The third-order valence-electron chi connectivity index (χ3n) is 3.20. The SMILES string of the molecule is Cc1ccc(C(=O)O)cc1N=C1NC(=O)/C(=C\c2ccc(Br)o2)S1. The van der Waals surface area contributed by atoms with Crippen LogP contribution in [0.1, 0.15) is 21.7 Å². The monoisotopic (exact) mass is 406 g/mol. The maximum Gasteiger partial charge on any atom is 0.335 e. The molecule has 1 aromatic heterocycles. The molecule has 0 unspecified atom stereocenters. The predicted molar refractivity (Wildman–Crippen MR) is 95.4 cm³/mol. The fourth-order valence-corrected chi connectivity index (χ4v) is 3.12. The highest BCUT2D eigenvalue weighted by Gasteiger charge is 2.24. The second-order valence-electron chi connectivity index (χ2n) is 4.93. The molecule has 2 aromatic rings. The summed E-state index contributed by atoms with van der Waals surface area (Å²) in [5.74, 6) is -0.758. The number of amides is 1. The van der Waals surface area contributed by atoms with E-state index in [-0.39, 0.29) is 11.5 Å². The Morgan fingerprint density at radius 3 is 2.83 bits per heavy atom. The first-order chi connectivity index (χ1) is 11.4. The van der Waals surface area contributed by atoms with Crippen molar-refractivity contribution < 1.29 is 19.1 Å². The number of aliphatic imine (C=N–C) groups is 1. The molecular formula is C16H11BrN2O4S. The van der Waals surface area contributed by atoms with Crippen molar-refractivity contribution in [1.29, 1.82) is 0 Å². The van der Waals surface area contributed by atoms with Gasteiger partial charge in [0.1, 0.15) is 5.76 Å². The van der Waals surface area contributed by atoms with Crippen LogP contribution in [0.25, 0.3) is 6.08 Å². The summed E-state index contributed by atoms with van der Waals surface area (Å²) in [6, 6.07) is 8.15. The number of carbonyl (C=O) groups excluding carboxylic acids is 1. The number of carbonyl (C=O) groups is 2. The van der Waals surface area contributed by atoms with E-state index in [1.54, 1.807) is 24.3 Å². The van der Waals surface area contributed by atoms with E-state index in [9.17, 15) is 9.59 Å². The number of nitrogens with one attached hydrogen (secondary N) is 1. The second-order valence-corrected chi connectivity index (χ2v) is 6.74. The topological polar surface area (TPSA) is 91.9 Å². The number of carboxylic acid groups (broad SMARTS) is 1. The van der Waals surface area contributed by atoms with Gasteiger partial charge in [-0.05, 0) is 64.4 Å². The fraction of sp³-hybridized carbons (Fsp3) is 0.0625. The highest BCUT2D eigenvalue weighted by Crippen LogP contribution is 2.30. The van der Waals surface area contributed by atoms with Crippen LogP contribution in [0.5, 0.6) is 0 Å². The molecule has 6 nitrogen and oxygen atoms in total. The normalized spacial score (nSPS) is 17.5. The van der Waals surface area contributed by atoms with E-state index in [0.717, 1.165) is 5.56 Å². The third kappa shape index (κ3) is 3.60. The molecule has 1 saturated heterocycles. The number of thioether (sulfide) groups is 1. The first kappa shape index (κ1) is 16.5. The van der Waals surface area contributed by atoms with Crippen molar-refractivity contribution in [2.75, 3.05) is 0 Å². The number of aromatic carboxylic acids is 1. The summed E-state index contributed by atoms with van der Waals surface area (Å²) in [5.41, 5.74) is 1.46. The Balaban J connectivity index is 1.88. The molecule has 2 heterocycles. The van der Waals surface area contributed by atoms with Gasteiger partial charge in [0.15, 0.2) is 9.84 Å². The number of furan rings is 1. The molecule has 0 bridgehead atoms. The average molecular weight is 407 g/mol. The van der Waals surface area contributed by atoms with Gasteiger partial charge in [0.25, 0.3) is 5.91 Å². The van der Waals surface area contributed by atoms with E-state index >= 15 is 0 Å². The smallest absolute Gasteiger partial charge is 0.335 e. The Morgan fingerprint density at radius 1 is 1.38 bits per heavy atom. The predicted octanol–water partition coefficient (Wildman–Crippen LogP) is 3.94. The Morgan fingerprint density at radius 2 is 2.17 bits per heavy atom. The highest BCUT2D eigenvalue weighted by atomic mass is 79.9. The number of nitrogens with zero attached hydrogens (tertiary/aromatic N) is 1. The van der Waals surface area contributed by atoms with Crippen LogP contribution in [-0.4, -0.2) is 22.2 Å². The summed E-state index contributed by atoms with van der Waals surface area (Å²) in [4.78, 5) is 27.9. The van der Waals surface area contributed by atoms with Gasteiger partial charge in [0, 0.05) is 6.08 Å². The minimum absolute atomic E-state index is 0.144. The number of halogens is 1. The quantitative estimate of drug-likeness (QED) is 0.752. The van der Waals surface area contributed by atoms with Crippen LogP contribution in [0.2, 0.25) is 0 Å². The standard InChI is InChI=1S/C16H11BrN2O4S/c1-8-2-3-9(15(21)22)6-11(8)18-16-19-14(20)12(24-16)7-10-4-5-13(17)23-10/h2-7H,1H3,(H,21,22)(H,18,19,20)/b12-7+. The van der Waals surface area contributed by atoms with Crippen molar-refractivity contribution in [2.24, 2.45) is 4.99 Å². The van der Waals surface area contributed by atoms with Gasteiger partial charge < -0.3 is 14.8 Å². The summed E-state index contributed by atoms with van der Waals surface area (Å²) < 4.78 is 5.93. The molecule has 1 amide bonds. The van der Waals surface area contributed by atoms with Crippen LogP contribution in [0.3, 0.4) is 0 Å². The second kappa shape index (κ2) is 6.66. The molecular weight excluding hydrogens is 396 g/mol. The molecule has 122 valence electrons. The number of hydrogen-bond acceptors (Lipinski definition) is 5. The van der Waals surface area contributed by atoms with Gasteiger partial charge in [-0.25, -0.2) is 9.79 Å². The largest absolute Gasteiger partial charge is 0.478 e. The molecule has 2 N–H and O–H groups in total. The minimum Gasteiger partial charge on any atom is -0.478 e. The molecule has 8 heteroatoms. The lowest BCUT2D eigenvalue weighted by molar-refractivity contribution is -0.115. The zero-order valence-corrected chi connectivity index (χ0v) is 14.8. The number of benzene rings is 1. The number of amidine groups is 1. The third-order valence-corrected chi connectivity index (χ3v) is 4.53. The van der Waals surface area contributed by atoms with Crippen molar-refractivity contribution >= 4 is 56.5 Å². The van der Waals surface area contributed by atoms with Gasteiger partial charge in [-0.1, -0.05) is 6.07 Å². The van der Waals surface area contributed by atoms with Crippen LogP contribution in [0.4, 0.5) is 5.69 Å². The molecule has 24 heavy (non-hydrogen) atoms. The van der Waals surface area contributed by atoms with Crippen molar-refractivity contribution in [3.05, 3.63) is 56.8 Å². The van der Waals surface area contributed by atoms with E-state index in [0.29, 0.717) is 26.2 Å². The molecule has 0 atom stereocenters. The van der Waals surface area contributed by atoms with E-state index in [2.05, 4.69) is 26.2 Å². The molecule has 1 fully saturated rings. The molecule has 0 saturated carbocycles. The summed E-state index contributed by atoms with van der Waals surface area (Å²) in [6.07, 6.45) is 1.62. The Bertz CT molecular complexity index is 901. The summed E-state index contributed by atoms with van der Waals surface area (Å²) in [7, 11) is 0. The summed E-state index contributed by atoms with van der Waals surface area (Å²) in [5, 5.41) is 12.1. The first-order valence-corrected chi connectivity index (χ1v) is 8.42. The lowest BCUT2D eigenvalue weighted by Crippen LogP contribution is -2.19. The zero-order chi connectivity index (χ0) is 17.3. The van der Waals surface area contributed by atoms with Crippen LogP contribution >= 0.6 is 27.7 Å². The average Bonchev–Trinajstić information content (AvgIpc) is 3.08. The van der Waals surface area contributed by atoms with Crippen molar-refractivity contribution in [3.63, 3.8) is 0 Å². The number of rotatable bonds is 3. The summed E-state index contributed by atoms with van der Waals surface area (Å²) in [6.45, 7) is 1.82. The van der Waals surface area contributed by atoms with Gasteiger partial charge >= 0.3 is 5.97 Å². The molecule has 0 radical (unpaired) electrons. The lowest BCUT2D eigenvalue weighted by atomic mass is 10.1. The van der Waals surface area contributed by atoms with Crippen LogP contribution < -0.4 is 5.32 Å². The molecule has 0 spiro atoms. The van der Waals surface area contributed by atoms with Crippen molar-refractivity contribution in [3.8, 4) is 0 Å². The zero-order valence-electron chi connectivity index (χ0n) is 12.4. The molecule has 0 aliphatic carbocycles. The van der Waals surface area contributed by atoms with E-state index in [1.165, 1.54) is 23.9 Å². The molecule has 1 aromatic carbocycles. The van der Waals surface area contributed by atoms with Gasteiger partial charge in [-0.3, -0.25) is 4.79 Å². The minimum atomic E-state index is -1.02. The highest BCUT2D eigenvalue weighted by molar-refractivity contribution is 9.10. The Kier molecular flexibility index (Phi) is 4.59. The van der Waals surface area contributed by atoms with Gasteiger partial charge in [0.2, 0.25) is 0 Å². The van der Waals surface area contributed by atoms with Crippen LogP contribution in [0.15, 0.2) is 49.3 Å². The van der Waals surface area contributed by atoms with Crippen LogP contribution in [0, 0.1) is 6.92 Å². The van der Waals surface area contributed by atoms with E-state index in [4.69, 9.17) is 9.52 Å². The van der Waals surface area contributed by atoms with Gasteiger partial charge in [0.05, 0.1) is 16.2 Å². The maximum atomic E-state index is 12.0. The van der Waals surface area contributed by atoms with E-state index in [1.807, 2.05) is 6.92 Å². The molecule has 1 aliphatic rings. The number of hydrogen-bond donors (Lipinski definition) is 2. The lowest BCUT2D eigenvalue weighted by Gasteiger charge is -2.03.